The summed E-state index contributed by atoms with van der Waals surface area (Å²) in [6.45, 7) is 3.50. The maximum absolute atomic E-state index is 13.2. The van der Waals surface area contributed by atoms with Gasteiger partial charge in [-0.25, -0.2) is 0 Å². The molecule has 26 heavy (non-hydrogen) atoms. The van der Waals surface area contributed by atoms with Gasteiger partial charge in [0.25, 0.3) is 0 Å². The Labute approximate surface area is 158 Å². The van der Waals surface area contributed by atoms with Gasteiger partial charge in [-0.05, 0) is 41.2 Å². The highest BCUT2D eigenvalue weighted by molar-refractivity contribution is 6.31. The molecular formula is C21H23ClN2O2. The van der Waals surface area contributed by atoms with Crippen molar-refractivity contribution >= 4 is 17.5 Å². The van der Waals surface area contributed by atoms with E-state index in [0.717, 1.165) is 24.2 Å². The van der Waals surface area contributed by atoms with E-state index in [4.69, 9.17) is 16.3 Å². The third-order valence-electron chi connectivity index (χ3n) is 5.53. The molecule has 1 fully saturated rings. The molecule has 4 nitrogen and oxygen atoms in total. The number of hydrogen-bond acceptors (Lipinski definition) is 3. The van der Waals surface area contributed by atoms with Gasteiger partial charge in [0, 0.05) is 37.9 Å². The zero-order valence-corrected chi connectivity index (χ0v) is 15.4. The van der Waals surface area contributed by atoms with Crippen LogP contribution in [-0.2, 0) is 34.6 Å². The fourth-order valence-corrected chi connectivity index (χ4v) is 4.31. The molecule has 1 amide bonds. The van der Waals surface area contributed by atoms with Crippen molar-refractivity contribution in [1.82, 2.24) is 10.6 Å². The van der Waals surface area contributed by atoms with Crippen molar-refractivity contribution < 1.29 is 9.53 Å². The van der Waals surface area contributed by atoms with E-state index in [1.54, 1.807) is 0 Å². The molecule has 0 bridgehead atoms. The van der Waals surface area contributed by atoms with Gasteiger partial charge in [-0.15, -0.1) is 0 Å². The molecule has 2 heterocycles. The summed E-state index contributed by atoms with van der Waals surface area (Å²) in [7, 11) is 0. The molecular weight excluding hydrogens is 348 g/mol. The van der Waals surface area contributed by atoms with Crippen molar-refractivity contribution in [3.8, 4) is 0 Å². The van der Waals surface area contributed by atoms with Crippen LogP contribution in [0.2, 0.25) is 5.02 Å². The lowest BCUT2D eigenvalue weighted by Crippen LogP contribution is -2.48. The summed E-state index contributed by atoms with van der Waals surface area (Å²) in [4.78, 5) is 13.2. The van der Waals surface area contributed by atoms with Crippen LogP contribution in [0.4, 0.5) is 0 Å². The molecule has 0 unspecified atom stereocenters. The van der Waals surface area contributed by atoms with E-state index in [9.17, 15) is 4.79 Å². The number of ether oxygens (including phenoxy) is 1. The zero-order valence-electron chi connectivity index (χ0n) is 14.7. The summed E-state index contributed by atoms with van der Waals surface area (Å²) in [6, 6.07) is 14.1. The van der Waals surface area contributed by atoms with Gasteiger partial charge < -0.3 is 15.4 Å². The number of nitrogens with one attached hydrogen (secondary N) is 2. The molecule has 0 spiro atoms. The minimum Gasteiger partial charge on any atom is -0.381 e. The number of amides is 1. The topological polar surface area (TPSA) is 50.4 Å². The van der Waals surface area contributed by atoms with Crippen LogP contribution in [0.3, 0.4) is 0 Å². The first kappa shape index (κ1) is 17.5. The van der Waals surface area contributed by atoms with Gasteiger partial charge in [-0.2, -0.15) is 0 Å². The highest BCUT2D eigenvalue weighted by atomic mass is 35.5. The first-order valence-corrected chi connectivity index (χ1v) is 9.49. The van der Waals surface area contributed by atoms with Crippen molar-refractivity contribution in [2.45, 2.75) is 37.9 Å². The van der Waals surface area contributed by atoms with Crippen LogP contribution in [0.1, 0.15) is 35.1 Å². The van der Waals surface area contributed by atoms with Gasteiger partial charge in [0.1, 0.15) is 0 Å². The van der Waals surface area contributed by atoms with Gasteiger partial charge >= 0.3 is 0 Å². The molecule has 2 aromatic carbocycles. The Morgan fingerprint density at radius 3 is 2.69 bits per heavy atom. The molecule has 0 atom stereocenters. The Hall–Kier alpha value is -1.88. The van der Waals surface area contributed by atoms with E-state index in [1.807, 2.05) is 24.3 Å². The molecule has 0 aromatic heterocycles. The van der Waals surface area contributed by atoms with Crippen LogP contribution in [-0.4, -0.2) is 19.1 Å². The second kappa shape index (κ2) is 7.39. The summed E-state index contributed by atoms with van der Waals surface area (Å²) >= 11 is 6.44. The fourth-order valence-electron chi connectivity index (χ4n) is 4.00. The number of carbonyl (C=O) groups is 1. The molecule has 0 saturated carbocycles. The molecule has 0 aliphatic carbocycles. The molecule has 2 N–H and O–H groups in total. The highest BCUT2D eigenvalue weighted by Gasteiger charge is 2.42. The molecule has 1 saturated heterocycles. The lowest BCUT2D eigenvalue weighted by atomic mass is 9.73. The number of carbonyl (C=O) groups excluding carboxylic acids is 1. The van der Waals surface area contributed by atoms with Gasteiger partial charge in [0.15, 0.2) is 0 Å². The first-order chi connectivity index (χ1) is 12.7. The van der Waals surface area contributed by atoms with Crippen LogP contribution in [0.5, 0.6) is 0 Å². The van der Waals surface area contributed by atoms with Crippen molar-refractivity contribution in [3.63, 3.8) is 0 Å². The average Bonchev–Trinajstić information content (AvgIpc) is 3.15. The number of rotatable bonds is 4. The lowest BCUT2D eigenvalue weighted by Gasteiger charge is -2.36. The maximum atomic E-state index is 13.2. The molecule has 136 valence electrons. The maximum Gasteiger partial charge on any atom is 0.231 e. The molecule has 4 rings (SSSR count). The minimum absolute atomic E-state index is 0.0347. The SMILES string of the molecule is O=C(NCc1ccc2c(c1)CNC2)C1(c2ccccc2Cl)CCOCC1. The van der Waals surface area contributed by atoms with E-state index < -0.39 is 5.41 Å². The summed E-state index contributed by atoms with van der Waals surface area (Å²) in [5, 5.41) is 7.15. The van der Waals surface area contributed by atoms with E-state index in [2.05, 4.69) is 28.8 Å². The van der Waals surface area contributed by atoms with E-state index >= 15 is 0 Å². The summed E-state index contributed by atoms with van der Waals surface area (Å²) in [5.74, 6) is 0.0347. The van der Waals surface area contributed by atoms with E-state index in [1.165, 1.54) is 11.1 Å². The zero-order chi connectivity index (χ0) is 18.0. The van der Waals surface area contributed by atoms with Gasteiger partial charge in [-0.1, -0.05) is 48.0 Å². The minimum atomic E-state index is -0.616. The van der Waals surface area contributed by atoms with Crippen LogP contribution >= 0.6 is 11.6 Å². The third-order valence-corrected chi connectivity index (χ3v) is 5.85. The number of fused-ring (bicyclic) bond motifs is 1. The standard InChI is InChI=1S/C21H23ClN2O2/c22-19-4-2-1-3-18(19)21(7-9-26-10-8-21)20(25)24-12-15-5-6-16-13-23-14-17(16)11-15/h1-6,11,23H,7-10,12-14H2,(H,24,25). The molecule has 2 aliphatic heterocycles. The summed E-state index contributed by atoms with van der Waals surface area (Å²) < 4.78 is 5.52. The largest absolute Gasteiger partial charge is 0.381 e. The number of benzene rings is 2. The first-order valence-electron chi connectivity index (χ1n) is 9.11. The average molecular weight is 371 g/mol. The Morgan fingerprint density at radius 2 is 1.88 bits per heavy atom. The van der Waals surface area contributed by atoms with E-state index in [0.29, 0.717) is 37.6 Å². The molecule has 2 aliphatic rings. The van der Waals surface area contributed by atoms with Crippen molar-refractivity contribution in [2.75, 3.05) is 13.2 Å². The Kier molecular flexibility index (Phi) is 4.98. The second-order valence-electron chi connectivity index (χ2n) is 7.06. The van der Waals surface area contributed by atoms with Crippen LogP contribution in [0.25, 0.3) is 0 Å². The van der Waals surface area contributed by atoms with Crippen molar-refractivity contribution in [1.29, 1.82) is 0 Å². The lowest BCUT2D eigenvalue weighted by molar-refractivity contribution is -0.130. The van der Waals surface area contributed by atoms with Gasteiger partial charge in [0.05, 0.1) is 5.41 Å². The van der Waals surface area contributed by atoms with E-state index in [-0.39, 0.29) is 5.91 Å². The molecule has 0 radical (unpaired) electrons. The van der Waals surface area contributed by atoms with Crippen molar-refractivity contribution in [2.24, 2.45) is 0 Å². The Morgan fingerprint density at radius 1 is 1.12 bits per heavy atom. The van der Waals surface area contributed by atoms with Gasteiger partial charge in [0.2, 0.25) is 5.91 Å². The summed E-state index contributed by atoms with van der Waals surface area (Å²) in [5.41, 5.74) is 4.08. The van der Waals surface area contributed by atoms with Crippen LogP contribution < -0.4 is 10.6 Å². The van der Waals surface area contributed by atoms with Crippen LogP contribution in [0.15, 0.2) is 42.5 Å². The quantitative estimate of drug-likeness (QED) is 0.868. The normalized spacial score (nSPS) is 18.3. The number of hydrogen-bond donors (Lipinski definition) is 2. The van der Waals surface area contributed by atoms with Gasteiger partial charge in [-0.3, -0.25) is 4.79 Å². The Balaban J connectivity index is 1.55. The fraction of sp³-hybridized carbons (Fsp3) is 0.381. The predicted octanol–water partition coefficient (Wildman–Crippen LogP) is 3.31. The molecule has 2 aromatic rings. The monoisotopic (exact) mass is 370 g/mol. The second-order valence-corrected chi connectivity index (χ2v) is 7.47. The molecule has 5 heteroatoms. The smallest absolute Gasteiger partial charge is 0.231 e. The predicted molar refractivity (Wildman–Crippen MR) is 102 cm³/mol. The summed E-state index contributed by atoms with van der Waals surface area (Å²) in [6.07, 6.45) is 1.30. The number of halogens is 1. The van der Waals surface area contributed by atoms with Crippen LogP contribution in [0, 0.1) is 0 Å². The highest BCUT2D eigenvalue weighted by Crippen LogP contribution is 2.39. The van der Waals surface area contributed by atoms with Crippen molar-refractivity contribution in [3.05, 3.63) is 69.7 Å². The Bertz CT molecular complexity index is 815. The third kappa shape index (κ3) is 3.25.